The molecular weight excluding hydrogens is 136 g/mol. The Morgan fingerprint density at radius 3 is 2.82 bits per heavy atom. The Kier molecular flexibility index (Phi) is 6.76. The Balaban J connectivity index is 3.53. The molecule has 0 amide bonds. The van der Waals surface area contributed by atoms with Gasteiger partial charge in [-0.25, -0.2) is 0 Å². The summed E-state index contributed by atoms with van der Waals surface area (Å²) in [4.78, 5) is 10.1. The van der Waals surface area contributed by atoms with E-state index in [2.05, 4.69) is 12.7 Å². The highest BCUT2D eigenvalue weighted by atomic mass is 16.1. The van der Waals surface area contributed by atoms with Crippen molar-refractivity contribution in [2.45, 2.75) is 33.1 Å². The topological polar surface area (TPSA) is 17.1 Å². The first-order chi connectivity index (χ1) is 5.31. The van der Waals surface area contributed by atoms with Crippen LogP contribution in [0.2, 0.25) is 0 Å². The average Bonchev–Trinajstić information content (AvgIpc) is 2.04. The molecule has 62 valence electrons. The zero-order valence-electron chi connectivity index (χ0n) is 7.34. The maximum Gasteiger partial charge on any atom is 0.127 e. The molecule has 0 aliphatic rings. The number of aldehydes is 1. The maximum absolute atomic E-state index is 10.1. The second-order valence-corrected chi connectivity index (χ2v) is 2.67. The average molecular weight is 152 g/mol. The van der Waals surface area contributed by atoms with Gasteiger partial charge in [0.1, 0.15) is 6.29 Å². The predicted octanol–water partition coefficient (Wildman–Crippen LogP) is 2.72. The van der Waals surface area contributed by atoms with Gasteiger partial charge in [-0.15, -0.1) is 5.73 Å². The highest BCUT2D eigenvalue weighted by molar-refractivity contribution is 5.55. The fourth-order valence-corrected chi connectivity index (χ4v) is 0.649. The minimum Gasteiger partial charge on any atom is -0.303 e. The molecule has 0 N–H and O–H groups in total. The van der Waals surface area contributed by atoms with Crippen molar-refractivity contribution >= 4 is 6.29 Å². The van der Waals surface area contributed by atoms with E-state index in [1.807, 2.05) is 13.0 Å². The molecule has 0 radical (unpaired) electrons. The molecule has 0 aromatic carbocycles. The van der Waals surface area contributed by atoms with Gasteiger partial charge in [-0.2, -0.15) is 0 Å². The molecule has 11 heavy (non-hydrogen) atoms. The zero-order valence-corrected chi connectivity index (χ0v) is 7.34. The first-order valence-electron chi connectivity index (χ1n) is 4.17. The van der Waals surface area contributed by atoms with Gasteiger partial charge in [0.25, 0.3) is 0 Å². The molecule has 0 heterocycles. The van der Waals surface area contributed by atoms with E-state index in [-0.39, 0.29) is 5.92 Å². The van der Waals surface area contributed by atoms with Gasteiger partial charge >= 0.3 is 0 Å². The summed E-state index contributed by atoms with van der Waals surface area (Å²) in [6.45, 7) is 4.01. The first-order valence-corrected chi connectivity index (χ1v) is 4.17. The lowest BCUT2D eigenvalue weighted by atomic mass is 10.2. The molecule has 0 bridgehead atoms. The number of allylic oxidation sites excluding steroid dienone is 1. The summed E-state index contributed by atoms with van der Waals surface area (Å²) in [6.07, 6.45) is 8.18. The van der Waals surface area contributed by atoms with Crippen molar-refractivity contribution in [1.29, 1.82) is 0 Å². The fourth-order valence-electron chi connectivity index (χ4n) is 0.649. The van der Waals surface area contributed by atoms with Crippen LogP contribution in [-0.2, 0) is 4.79 Å². The van der Waals surface area contributed by atoms with Crippen LogP contribution in [0.15, 0.2) is 17.9 Å². The zero-order chi connectivity index (χ0) is 8.53. The smallest absolute Gasteiger partial charge is 0.127 e. The molecule has 0 rings (SSSR count). The molecule has 0 aliphatic carbocycles. The predicted molar refractivity (Wildman–Crippen MR) is 47.4 cm³/mol. The molecule has 0 aliphatic heterocycles. The SMILES string of the molecule is CCCCC=C=CC(C)C=O. The van der Waals surface area contributed by atoms with Gasteiger partial charge < -0.3 is 4.79 Å². The Hall–Kier alpha value is -0.810. The van der Waals surface area contributed by atoms with Gasteiger partial charge in [-0.3, -0.25) is 0 Å². The van der Waals surface area contributed by atoms with Crippen molar-refractivity contribution in [1.82, 2.24) is 0 Å². The summed E-state index contributed by atoms with van der Waals surface area (Å²) in [7, 11) is 0. The van der Waals surface area contributed by atoms with E-state index in [4.69, 9.17) is 0 Å². The summed E-state index contributed by atoms with van der Waals surface area (Å²) >= 11 is 0. The van der Waals surface area contributed by atoms with Crippen LogP contribution in [0.5, 0.6) is 0 Å². The van der Waals surface area contributed by atoms with E-state index in [9.17, 15) is 4.79 Å². The first kappa shape index (κ1) is 10.2. The van der Waals surface area contributed by atoms with Crippen LogP contribution in [0.1, 0.15) is 33.1 Å². The van der Waals surface area contributed by atoms with Crippen LogP contribution in [-0.4, -0.2) is 6.29 Å². The Morgan fingerprint density at radius 1 is 1.55 bits per heavy atom. The van der Waals surface area contributed by atoms with Gasteiger partial charge in [0.05, 0.1) is 0 Å². The molecule has 0 fully saturated rings. The summed E-state index contributed by atoms with van der Waals surface area (Å²) < 4.78 is 0. The van der Waals surface area contributed by atoms with Crippen molar-refractivity contribution in [2.24, 2.45) is 5.92 Å². The van der Waals surface area contributed by atoms with E-state index in [0.29, 0.717) is 0 Å². The highest BCUT2D eigenvalue weighted by Crippen LogP contribution is 1.94. The van der Waals surface area contributed by atoms with Crippen LogP contribution < -0.4 is 0 Å². The van der Waals surface area contributed by atoms with Crippen LogP contribution in [0.3, 0.4) is 0 Å². The standard InChI is InChI=1S/C10H16O/c1-3-4-5-6-7-8-10(2)9-11/h6,8-10H,3-5H2,1-2H3. The van der Waals surface area contributed by atoms with Crippen molar-refractivity contribution in [3.05, 3.63) is 17.9 Å². The van der Waals surface area contributed by atoms with Crippen LogP contribution in [0, 0.1) is 5.92 Å². The number of rotatable bonds is 5. The lowest BCUT2D eigenvalue weighted by molar-refractivity contribution is -0.109. The number of carbonyl (C=O) groups excluding carboxylic acids is 1. The summed E-state index contributed by atoms with van der Waals surface area (Å²) in [6, 6.07) is 0. The molecule has 0 aromatic heterocycles. The number of carbonyl (C=O) groups is 1. The van der Waals surface area contributed by atoms with Gasteiger partial charge in [0.2, 0.25) is 0 Å². The van der Waals surface area contributed by atoms with Gasteiger partial charge in [0.15, 0.2) is 0 Å². The fraction of sp³-hybridized carbons (Fsp3) is 0.600. The molecule has 1 nitrogen and oxygen atoms in total. The second-order valence-electron chi connectivity index (χ2n) is 2.67. The molecular formula is C10H16O. The van der Waals surface area contributed by atoms with Gasteiger partial charge in [-0.1, -0.05) is 20.3 Å². The lowest BCUT2D eigenvalue weighted by Gasteiger charge is -1.87. The maximum atomic E-state index is 10.1. The van der Waals surface area contributed by atoms with Gasteiger partial charge in [0, 0.05) is 5.92 Å². The Labute approximate surface area is 68.8 Å². The van der Waals surface area contributed by atoms with E-state index < -0.39 is 0 Å². The summed E-state index contributed by atoms with van der Waals surface area (Å²) in [5, 5.41) is 0. The molecule has 1 unspecified atom stereocenters. The quantitative estimate of drug-likeness (QED) is 0.336. The summed E-state index contributed by atoms with van der Waals surface area (Å²) in [5.74, 6) is 0.00729. The molecule has 0 saturated heterocycles. The minimum absolute atomic E-state index is 0.00729. The van der Waals surface area contributed by atoms with E-state index in [0.717, 1.165) is 12.7 Å². The summed E-state index contributed by atoms with van der Waals surface area (Å²) in [5.41, 5.74) is 2.99. The van der Waals surface area contributed by atoms with Gasteiger partial charge in [-0.05, 0) is 25.0 Å². The van der Waals surface area contributed by atoms with Crippen molar-refractivity contribution < 1.29 is 4.79 Å². The molecule has 0 aromatic rings. The van der Waals surface area contributed by atoms with E-state index in [1.165, 1.54) is 12.8 Å². The van der Waals surface area contributed by atoms with Crippen LogP contribution >= 0.6 is 0 Å². The molecule has 1 heteroatoms. The minimum atomic E-state index is 0.00729. The van der Waals surface area contributed by atoms with E-state index >= 15 is 0 Å². The molecule has 1 atom stereocenters. The number of hydrogen-bond donors (Lipinski definition) is 0. The molecule has 0 spiro atoms. The Bertz CT molecular complexity index is 152. The number of hydrogen-bond acceptors (Lipinski definition) is 1. The Morgan fingerprint density at radius 2 is 2.27 bits per heavy atom. The highest BCUT2D eigenvalue weighted by Gasteiger charge is 1.87. The third-order valence-electron chi connectivity index (χ3n) is 1.39. The third kappa shape index (κ3) is 7.08. The largest absolute Gasteiger partial charge is 0.303 e. The van der Waals surface area contributed by atoms with Crippen molar-refractivity contribution in [3.63, 3.8) is 0 Å². The monoisotopic (exact) mass is 152 g/mol. The lowest BCUT2D eigenvalue weighted by Crippen LogP contribution is -1.86. The van der Waals surface area contributed by atoms with Crippen molar-refractivity contribution in [2.75, 3.05) is 0 Å². The van der Waals surface area contributed by atoms with Crippen molar-refractivity contribution in [3.8, 4) is 0 Å². The van der Waals surface area contributed by atoms with Crippen LogP contribution in [0.25, 0.3) is 0 Å². The van der Waals surface area contributed by atoms with Crippen LogP contribution in [0.4, 0.5) is 0 Å². The normalized spacial score (nSPS) is 11.5. The van der Waals surface area contributed by atoms with E-state index in [1.54, 1.807) is 6.08 Å². The molecule has 0 saturated carbocycles. The third-order valence-corrected chi connectivity index (χ3v) is 1.39. The second kappa shape index (κ2) is 7.30. The number of unbranched alkanes of at least 4 members (excludes halogenated alkanes) is 2.